The molecule has 0 aliphatic carbocycles. The Kier molecular flexibility index (Phi) is 4.04. The average molecular weight is 261 g/mol. The highest BCUT2D eigenvalue weighted by Crippen LogP contribution is 2.19. The van der Waals surface area contributed by atoms with E-state index in [1.54, 1.807) is 17.8 Å². The zero-order valence-electron chi connectivity index (χ0n) is 10.1. The van der Waals surface area contributed by atoms with Crippen molar-refractivity contribution >= 4 is 34.3 Å². The molecule has 0 aliphatic rings. The number of para-hydroxylation sites is 1. The SMILES string of the molecule is CSCCNC(=O)c1cc(N)c2ccccc2n1. The van der Waals surface area contributed by atoms with E-state index < -0.39 is 0 Å². The largest absolute Gasteiger partial charge is 0.398 e. The number of benzene rings is 1. The molecule has 0 unspecified atom stereocenters. The molecule has 1 aromatic carbocycles. The highest BCUT2D eigenvalue weighted by atomic mass is 32.2. The van der Waals surface area contributed by atoms with Crippen LogP contribution in [-0.2, 0) is 0 Å². The first-order chi connectivity index (χ1) is 8.72. The number of thioether (sulfide) groups is 1. The standard InChI is InChI=1S/C13H15N3OS/c1-18-7-6-15-13(17)12-8-10(14)9-4-2-3-5-11(9)16-12/h2-5,8H,6-7H2,1H3,(H2,14,16)(H,15,17). The van der Waals surface area contributed by atoms with E-state index in [1.165, 1.54) is 0 Å². The molecule has 1 aromatic heterocycles. The fourth-order valence-electron chi connectivity index (χ4n) is 1.68. The van der Waals surface area contributed by atoms with Crippen LogP contribution in [-0.4, -0.2) is 29.4 Å². The maximum absolute atomic E-state index is 11.9. The zero-order chi connectivity index (χ0) is 13.0. The Morgan fingerprint density at radius 3 is 3.00 bits per heavy atom. The van der Waals surface area contributed by atoms with Gasteiger partial charge in [-0.3, -0.25) is 4.79 Å². The number of aromatic nitrogens is 1. The number of nitrogen functional groups attached to an aromatic ring is 1. The van der Waals surface area contributed by atoms with Crippen LogP contribution in [0.25, 0.3) is 10.9 Å². The highest BCUT2D eigenvalue weighted by Gasteiger charge is 2.09. The molecule has 0 bridgehead atoms. The van der Waals surface area contributed by atoms with Crippen molar-refractivity contribution in [3.05, 3.63) is 36.0 Å². The summed E-state index contributed by atoms with van der Waals surface area (Å²) in [4.78, 5) is 16.2. The van der Waals surface area contributed by atoms with Crippen LogP contribution >= 0.6 is 11.8 Å². The third kappa shape index (κ3) is 2.73. The van der Waals surface area contributed by atoms with E-state index >= 15 is 0 Å². The normalized spacial score (nSPS) is 10.5. The molecule has 1 amide bonds. The van der Waals surface area contributed by atoms with Crippen LogP contribution in [0.2, 0.25) is 0 Å². The summed E-state index contributed by atoms with van der Waals surface area (Å²) >= 11 is 1.68. The summed E-state index contributed by atoms with van der Waals surface area (Å²) in [5, 5.41) is 3.69. The topological polar surface area (TPSA) is 68.0 Å². The van der Waals surface area contributed by atoms with E-state index in [0.29, 0.717) is 17.9 Å². The van der Waals surface area contributed by atoms with E-state index in [2.05, 4.69) is 10.3 Å². The predicted octanol–water partition coefficient (Wildman–Crippen LogP) is 1.91. The van der Waals surface area contributed by atoms with Gasteiger partial charge in [0.25, 0.3) is 5.91 Å². The fourth-order valence-corrected chi connectivity index (χ4v) is 1.98. The van der Waals surface area contributed by atoms with Gasteiger partial charge in [0.05, 0.1) is 5.52 Å². The van der Waals surface area contributed by atoms with Crippen LogP contribution in [0, 0.1) is 0 Å². The van der Waals surface area contributed by atoms with Crippen molar-refractivity contribution in [3.63, 3.8) is 0 Å². The molecule has 1 heterocycles. The Balaban J connectivity index is 2.26. The molecule has 2 rings (SSSR count). The number of carbonyl (C=O) groups excluding carboxylic acids is 1. The third-order valence-electron chi connectivity index (χ3n) is 2.57. The van der Waals surface area contributed by atoms with Crippen molar-refractivity contribution in [2.75, 3.05) is 24.3 Å². The Labute approximate surface area is 110 Å². The maximum atomic E-state index is 11.9. The minimum Gasteiger partial charge on any atom is -0.398 e. The van der Waals surface area contributed by atoms with Crippen molar-refractivity contribution in [2.24, 2.45) is 0 Å². The van der Waals surface area contributed by atoms with Crippen LogP contribution in [0.4, 0.5) is 5.69 Å². The fraction of sp³-hybridized carbons (Fsp3) is 0.231. The Morgan fingerprint density at radius 2 is 2.22 bits per heavy atom. The summed E-state index contributed by atoms with van der Waals surface area (Å²) in [7, 11) is 0. The molecule has 94 valence electrons. The number of amides is 1. The lowest BCUT2D eigenvalue weighted by atomic mass is 10.1. The van der Waals surface area contributed by atoms with Crippen molar-refractivity contribution in [1.82, 2.24) is 10.3 Å². The van der Waals surface area contributed by atoms with Gasteiger partial charge in [-0.05, 0) is 18.4 Å². The van der Waals surface area contributed by atoms with E-state index in [4.69, 9.17) is 5.73 Å². The van der Waals surface area contributed by atoms with Crippen molar-refractivity contribution < 1.29 is 4.79 Å². The number of pyridine rings is 1. The molecule has 0 aliphatic heterocycles. The Hall–Kier alpha value is -1.75. The maximum Gasteiger partial charge on any atom is 0.270 e. The summed E-state index contributed by atoms with van der Waals surface area (Å²) in [6, 6.07) is 9.15. The molecule has 3 N–H and O–H groups in total. The number of nitrogens with two attached hydrogens (primary N) is 1. The van der Waals surface area contributed by atoms with Gasteiger partial charge in [-0.25, -0.2) is 4.98 Å². The number of anilines is 1. The van der Waals surface area contributed by atoms with Crippen molar-refractivity contribution in [1.29, 1.82) is 0 Å². The molecule has 0 saturated carbocycles. The molecule has 4 nitrogen and oxygen atoms in total. The Morgan fingerprint density at radius 1 is 1.44 bits per heavy atom. The lowest BCUT2D eigenvalue weighted by molar-refractivity contribution is 0.0951. The number of carbonyl (C=O) groups is 1. The summed E-state index contributed by atoms with van der Waals surface area (Å²) in [5.74, 6) is 0.705. The number of fused-ring (bicyclic) bond motifs is 1. The van der Waals surface area contributed by atoms with Gasteiger partial charge >= 0.3 is 0 Å². The van der Waals surface area contributed by atoms with Crippen molar-refractivity contribution in [2.45, 2.75) is 0 Å². The van der Waals surface area contributed by atoms with Gasteiger partial charge in [-0.2, -0.15) is 11.8 Å². The third-order valence-corrected chi connectivity index (χ3v) is 3.18. The van der Waals surface area contributed by atoms with E-state index in [1.807, 2.05) is 30.5 Å². The van der Waals surface area contributed by atoms with E-state index in [9.17, 15) is 4.79 Å². The first kappa shape index (κ1) is 12.7. The van der Waals surface area contributed by atoms with Gasteiger partial charge in [-0.15, -0.1) is 0 Å². The second-order valence-electron chi connectivity index (χ2n) is 3.86. The molecule has 0 fully saturated rings. The first-order valence-corrected chi connectivity index (χ1v) is 7.04. The average Bonchev–Trinajstić information content (AvgIpc) is 2.39. The minimum absolute atomic E-state index is 0.179. The monoisotopic (exact) mass is 261 g/mol. The number of nitrogens with one attached hydrogen (secondary N) is 1. The summed E-state index contributed by atoms with van der Waals surface area (Å²) in [6.45, 7) is 0.633. The Bertz CT molecular complexity index is 571. The van der Waals surface area contributed by atoms with Gasteiger partial charge < -0.3 is 11.1 Å². The molecule has 18 heavy (non-hydrogen) atoms. The first-order valence-electron chi connectivity index (χ1n) is 5.65. The number of hydrogen-bond acceptors (Lipinski definition) is 4. The zero-order valence-corrected chi connectivity index (χ0v) is 11.0. The van der Waals surface area contributed by atoms with Crippen LogP contribution in [0.5, 0.6) is 0 Å². The lowest BCUT2D eigenvalue weighted by Crippen LogP contribution is -2.26. The van der Waals surface area contributed by atoms with Gasteiger partial charge in [-0.1, -0.05) is 18.2 Å². The minimum atomic E-state index is -0.179. The molecular formula is C13H15N3OS. The second kappa shape index (κ2) is 5.73. The van der Waals surface area contributed by atoms with Crippen LogP contribution in [0.15, 0.2) is 30.3 Å². The number of nitrogens with zero attached hydrogens (tertiary/aromatic N) is 1. The second-order valence-corrected chi connectivity index (χ2v) is 4.85. The van der Waals surface area contributed by atoms with Crippen LogP contribution in [0.3, 0.4) is 0 Å². The quantitative estimate of drug-likeness (QED) is 0.825. The van der Waals surface area contributed by atoms with Crippen LogP contribution < -0.4 is 11.1 Å². The highest BCUT2D eigenvalue weighted by molar-refractivity contribution is 7.98. The molecule has 0 saturated heterocycles. The molecule has 0 spiro atoms. The van der Waals surface area contributed by atoms with Crippen LogP contribution in [0.1, 0.15) is 10.5 Å². The van der Waals surface area contributed by atoms with E-state index in [-0.39, 0.29) is 5.91 Å². The molecule has 0 radical (unpaired) electrons. The summed E-state index contributed by atoms with van der Waals surface area (Å²) in [5.41, 5.74) is 7.62. The lowest BCUT2D eigenvalue weighted by Gasteiger charge is -2.07. The number of hydrogen-bond donors (Lipinski definition) is 2. The molecule has 5 heteroatoms. The smallest absolute Gasteiger partial charge is 0.270 e. The molecule has 2 aromatic rings. The van der Waals surface area contributed by atoms with Gasteiger partial charge in [0.1, 0.15) is 5.69 Å². The predicted molar refractivity (Wildman–Crippen MR) is 76.9 cm³/mol. The molecule has 0 atom stereocenters. The molecular weight excluding hydrogens is 246 g/mol. The van der Waals surface area contributed by atoms with Gasteiger partial charge in [0, 0.05) is 23.4 Å². The van der Waals surface area contributed by atoms with Gasteiger partial charge in [0.2, 0.25) is 0 Å². The van der Waals surface area contributed by atoms with Crippen molar-refractivity contribution in [3.8, 4) is 0 Å². The summed E-state index contributed by atoms with van der Waals surface area (Å²) < 4.78 is 0. The number of rotatable bonds is 4. The van der Waals surface area contributed by atoms with E-state index in [0.717, 1.165) is 16.7 Å². The van der Waals surface area contributed by atoms with Gasteiger partial charge in [0.15, 0.2) is 0 Å². The summed E-state index contributed by atoms with van der Waals surface area (Å²) in [6.07, 6.45) is 2.00.